The average Bonchev–Trinajstić information content (AvgIpc) is 3.30. The zero-order valence-electron chi connectivity index (χ0n) is 16.4. The van der Waals surface area contributed by atoms with Crippen LogP contribution >= 0.6 is 11.3 Å². The molecule has 0 aliphatic carbocycles. The summed E-state index contributed by atoms with van der Waals surface area (Å²) in [7, 11) is -4.28. The van der Waals surface area contributed by atoms with Crippen LogP contribution in [0, 0.1) is 17.2 Å². The summed E-state index contributed by atoms with van der Waals surface area (Å²) in [5, 5.41) is 18.6. The van der Waals surface area contributed by atoms with Crippen LogP contribution in [0.25, 0.3) is 11.1 Å². The van der Waals surface area contributed by atoms with Crippen molar-refractivity contribution >= 4 is 27.5 Å². The third-order valence-electron chi connectivity index (χ3n) is 4.24. The number of carbonyl (C=O) groups is 1. The van der Waals surface area contributed by atoms with Gasteiger partial charge in [0.2, 0.25) is 0 Å². The molecule has 10 heteroatoms. The molecule has 3 aromatic rings. The second-order valence-electron chi connectivity index (χ2n) is 7.15. The van der Waals surface area contributed by atoms with Crippen molar-refractivity contribution in [1.82, 2.24) is 14.3 Å². The van der Waals surface area contributed by atoms with Gasteiger partial charge in [0.15, 0.2) is 0 Å². The van der Waals surface area contributed by atoms with Crippen LogP contribution in [0.5, 0.6) is 0 Å². The second kappa shape index (κ2) is 8.69. The summed E-state index contributed by atoms with van der Waals surface area (Å²) in [4.78, 5) is 15.8. The van der Waals surface area contributed by atoms with E-state index in [1.165, 1.54) is 0 Å². The van der Waals surface area contributed by atoms with Gasteiger partial charge in [-0.1, -0.05) is 26.0 Å². The second-order valence-corrected chi connectivity index (χ2v) is 10.2. The Morgan fingerprint density at radius 3 is 2.70 bits per heavy atom. The maximum absolute atomic E-state index is 12.6. The molecule has 1 amide bonds. The van der Waals surface area contributed by atoms with E-state index in [2.05, 4.69) is 11.1 Å². The van der Waals surface area contributed by atoms with Crippen LogP contribution in [0.2, 0.25) is 0 Å². The Kier molecular flexibility index (Phi) is 6.24. The Morgan fingerprint density at radius 2 is 2.10 bits per heavy atom. The molecule has 0 atom stereocenters. The number of carboxylic acid groups (broad SMARTS) is 1. The van der Waals surface area contributed by atoms with Crippen molar-refractivity contribution < 1.29 is 18.3 Å². The van der Waals surface area contributed by atoms with Crippen LogP contribution in [0.3, 0.4) is 0 Å². The molecule has 2 N–H and O–H groups in total. The SMILES string of the molecule is CC(C)Cc1cc(-c2ccc(Cn3ccnc3)cc2C#N)c(S(=O)(=O)NC(=O)O)s1. The third kappa shape index (κ3) is 4.87. The fourth-order valence-corrected chi connectivity index (χ4v) is 5.86. The Bertz CT molecular complexity index is 1210. The standard InChI is InChI=1S/C20H20N4O4S2/c1-13(2)7-16-9-18(19(29-16)30(27,28)23-20(25)26)17-4-3-14(8-15(17)10-21)11-24-6-5-22-12-24/h3-6,8-9,12-13,23H,7,11H2,1-2H3,(H,25,26). The fourth-order valence-electron chi connectivity index (χ4n) is 3.08. The summed E-state index contributed by atoms with van der Waals surface area (Å²) in [5.74, 6) is 0.285. The van der Waals surface area contributed by atoms with Crippen molar-refractivity contribution in [2.24, 2.45) is 5.92 Å². The van der Waals surface area contributed by atoms with E-state index in [1.54, 1.807) is 41.6 Å². The summed E-state index contributed by atoms with van der Waals surface area (Å²) in [6.07, 6.45) is 4.11. The minimum atomic E-state index is -4.28. The molecular weight excluding hydrogens is 424 g/mol. The predicted octanol–water partition coefficient (Wildman–Crippen LogP) is 3.69. The minimum absolute atomic E-state index is 0.112. The monoisotopic (exact) mass is 444 g/mol. The zero-order chi connectivity index (χ0) is 21.9. The maximum Gasteiger partial charge on any atom is 0.418 e. The van der Waals surface area contributed by atoms with Crippen molar-refractivity contribution in [2.75, 3.05) is 0 Å². The molecule has 0 saturated heterocycles. The Morgan fingerprint density at radius 1 is 1.33 bits per heavy atom. The summed E-state index contributed by atoms with van der Waals surface area (Å²) in [5.41, 5.74) is 1.95. The fraction of sp³-hybridized carbons (Fsp3) is 0.250. The highest BCUT2D eigenvalue weighted by molar-refractivity contribution is 7.92. The lowest BCUT2D eigenvalue weighted by Gasteiger charge is -2.09. The molecule has 8 nitrogen and oxygen atoms in total. The largest absolute Gasteiger partial charge is 0.464 e. The smallest absolute Gasteiger partial charge is 0.418 e. The first-order valence-electron chi connectivity index (χ1n) is 9.07. The topological polar surface area (TPSA) is 125 Å². The van der Waals surface area contributed by atoms with Crippen LogP contribution in [-0.2, 0) is 23.0 Å². The van der Waals surface area contributed by atoms with Gasteiger partial charge in [-0.15, -0.1) is 11.3 Å². The first-order valence-corrected chi connectivity index (χ1v) is 11.4. The molecule has 0 aliphatic heterocycles. The molecule has 0 unspecified atom stereocenters. The quantitative estimate of drug-likeness (QED) is 0.572. The Hall–Kier alpha value is -3.16. The van der Waals surface area contributed by atoms with Crippen molar-refractivity contribution in [1.29, 1.82) is 5.26 Å². The van der Waals surface area contributed by atoms with E-state index in [1.807, 2.05) is 24.5 Å². The normalized spacial score (nSPS) is 11.4. The van der Waals surface area contributed by atoms with E-state index < -0.39 is 16.1 Å². The lowest BCUT2D eigenvalue weighted by Crippen LogP contribution is -2.28. The summed E-state index contributed by atoms with van der Waals surface area (Å²) >= 11 is 1.02. The number of benzene rings is 1. The van der Waals surface area contributed by atoms with Gasteiger partial charge in [0.1, 0.15) is 4.21 Å². The number of nitrogens with one attached hydrogen (secondary N) is 1. The molecule has 2 aromatic heterocycles. The highest BCUT2D eigenvalue weighted by Crippen LogP contribution is 2.38. The molecule has 0 fully saturated rings. The molecule has 156 valence electrons. The van der Waals surface area contributed by atoms with Crippen molar-refractivity contribution in [3.05, 3.63) is 59.0 Å². The number of imidazole rings is 1. The van der Waals surface area contributed by atoms with Crippen LogP contribution in [0.1, 0.15) is 29.9 Å². The van der Waals surface area contributed by atoms with Crippen LogP contribution in [-0.4, -0.2) is 29.2 Å². The van der Waals surface area contributed by atoms with Crippen LogP contribution in [0.15, 0.2) is 47.2 Å². The maximum atomic E-state index is 12.6. The molecule has 3 rings (SSSR count). The number of nitriles is 1. The molecule has 0 spiro atoms. The van der Waals surface area contributed by atoms with Gasteiger partial charge in [-0.25, -0.2) is 22.9 Å². The minimum Gasteiger partial charge on any atom is -0.464 e. The molecule has 30 heavy (non-hydrogen) atoms. The highest BCUT2D eigenvalue weighted by atomic mass is 32.2. The van der Waals surface area contributed by atoms with Crippen LogP contribution < -0.4 is 4.72 Å². The highest BCUT2D eigenvalue weighted by Gasteiger charge is 2.26. The summed E-state index contributed by atoms with van der Waals surface area (Å²) < 4.78 is 28.6. The first-order chi connectivity index (χ1) is 14.2. The molecule has 0 saturated carbocycles. The van der Waals surface area contributed by atoms with Gasteiger partial charge >= 0.3 is 6.09 Å². The van der Waals surface area contributed by atoms with E-state index in [4.69, 9.17) is 5.11 Å². The van der Waals surface area contributed by atoms with E-state index in [-0.39, 0.29) is 10.1 Å². The molecule has 0 radical (unpaired) electrons. The number of rotatable bonds is 7. The predicted molar refractivity (Wildman–Crippen MR) is 113 cm³/mol. The van der Waals surface area contributed by atoms with E-state index in [0.29, 0.717) is 29.7 Å². The lowest BCUT2D eigenvalue weighted by molar-refractivity contribution is 0.201. The van der Waals surface area contributed by atoms with Crippen LogP contribution in [0.4, 0.5) is 4.79 Å². The molecule has 1 aromatic carbocycles. The van der Waals surface area contributed by atoms with Gasteiger partial charge in [0.05, 0.1) is 18.0 Å². The number of amides is 1. The number of hydrogen-bond donors (Lipinski definition) is 2. The number of aromatic nitrogens is 2. The van der Waals surface area contributed by atoms with Gasteiger partial charge in [-0.3, -0.25) is 0 Å². The van der Waals surface area contributed by atoms with Crippen molar-refractivity contribution in [3.63, 3.8) is 0 Å². The number of hydrogen-bond acceptors (Lipinski definition) is 6. The van der Waals surface area contributed by atoms with Gasteiger partial charge in [-0.2, -0.15) is 5.26 Å². The Balaban J connectivity index is 2.10. The lowest BCUT2D eigenvalue weighted by atomic mass is 9.99. The summed E-state index contributed by atoms with van der Waals surface area (Å²) in [6.45, 7) is 4.53. The van der Waals surface area contributed by atoms with Crippen molar-refractivity contribution in [2.45, 2.75) is 31.0 Å². The molecule has 0 aliphatic rings. The third-order valence-corrected chi connectivity index (χ3v) is 7.25. The van der Waals surface area contributed by atoms with Gasteiger partial charge in [-0.05, 0) is 30.0 Å². The number of nitrogens with zero attached hydrogens (tertiary/aromatic N) is 3. The molecule has 0 bridgehead atoms. The van der Waals surface area contributed by atoms with E-state index >= 15 is 0 Å². The molecule has 2 heterocycles. The number of thiophene rings is 1. The van der Waals surface area contributed by atoms with Crippen molar-refractivity contribution in [3.8, 4) is 17.2 Å². The van der Waals surface area contributed by atoms with Gasteiger partial charge in [0.25, 0.3) is 10.0 Å². The zero-order valence-corrected chi connectivity index (χ0v) is 18.0. The number of sulfonamides is 1. The molecular formula is C20H20N4O4S2. The van der Waals surface area contributed by atoms with Gasteiger partial charge < -0.3 is 9.67 Å². The Labute approximate surface area is 178 Å². The van der Waals surface area contributed by atoms with Gasteiger partial charge in [0, 0.05) is 34.9 Å². The van der Waals surface area contributed by atoms with E-state index in [9.17, 15) is 18.5 Å². The first kappa shape index (κ1) is 21.5. The summed E-state index contributed by atoms with van der Waals surface area (Å²) in [6, 6.07) is 9.08. The van der Waals surface area contributed by atoms with E-state index in [0.717, 1.165) is 21.8 Å². The average molecular weight is 445 g/mol.